The van der Waals surface area contributed by atoms with Crippen molar-refractivity contribution in [1.82, 2.24) is 10.3 Å². The van der Waals surface area contributed by atoms with Crippen molar-refractivity contribution in [3.8, 4) is 0 Å². The lowest BCUT2D eigenvalue weighted by Gasteiger charge is -2.33. The van der Waals surface area contributed by atoms with E-state index in [9.17, 15) is 0 Å². The molecule has 0 aliphatic carbocycles. The van der Waals surface area contributed by atoms with E-state index in [1.54, 1.807) is 0 Å². The third-order valence-corrected chi connectivity index (χ3v) is 2.81. The average Bonchev–Trinajstić information content (AvgIpc) is 2.57. The summed E-state index contributed by atoms with van der Waals surface area (Å²) in [6, 6.07) is 2.47. The van der Waals surface area contributed by atoms with Gasteiger partial charge in [0.2, 0.25) is 0 Å². The lowest BCUT2D eigenvalue weighted by atomic mass is 9.78. The molecule has 0 bridgehead atoms. The van der Waals surface area contributed by atoms with Crippen LogP contribution in [0.1, 0.15) is 31.9 Å². The number of nitrogens with one attached hydrogen (secondary N) is 2. The molecule has 1 rings (SSSR count). The Morgan fingerprint density at radius 1 is 1.57 bits per heavy atom. The summed E-state index contributed by atoms with van der Waals surface area (Å²) in [6.07, 6.45) is 5.02. The van der Waals surface area contributed by atoms with E-state index in [0.29, 0.717) is 6.04 Å². The number of H-pyrrole nitrogens is 1. The van der Waals surface area contributed by atoms with Crippen LogP contribution >= 0.6 is 0 Å². The zero-order valence-corrected chi connectivity index (χ0v) is 9.30. The summed E-state index contributed by atoms with van der Waals surface area (Å²) in [7, 11) is 2.00. The maximum atomic E-state index is 5.62. The molecule has 1 aromatic rings. The van der Waals surface area contributed by atoms with Crippen molar-refractivity contribution < 1.29 is 0 Å². The number of rotatable bonds is 5. The smallest absolute Gasteiger partial charge is 0.0384 e. The van der Waals surface area contributed by atoms with Crippen LogP contribution in [-0.2, 0) is 0 Å². The predicted molar refractivity (Wildman–Crippen MR) is 60.0 cm³/mol. The minimum atomic E-state index is 0.186. The van der Waals surface area contributed by atoms with E-state index >= 15 is 0 Å². The minimum Gasteiger partial charge on any atom is -0.367 e. The van der Waals surface area contributed by atoms with E-state index < -0.39 is 0 Å². The van der Waals surface area contributed by atoms with Crippen molar-refractivity contribution in [2.75, 3.05) is 13.6 Å². The molecule has 0 aliphatic heterocycles. The first-order chi connectivity index (χ1) is 6.61. The van der Waals surface area contributed by atoms with Crippen LogP contribution < -0.4 is 11.1 Å². The first kappa shape index (κ1) is 11.3. The van der Waals surface area contributed by atoms with Crippen molar-refractivity contribution >= 4 is 0 Å². The van der Waals surface area contributed by atoms with E-state index in [0.717, 1.165) is 13.0 Å². The summed E-state index contributed by atoms with van der Waals surface area (Å²) < 4.78 is 0. The van der Waals surface area contributed by atoms with Gasteiger partial charge >= 0.3 is 0 Å². The topological polar surface area (TPSA) is 53.8 Å². The van der Waals surface area contributed by atoms with Crippen LogP contribution in [0.4, 0.5) is 0 Å². The van der Waals surface area contributed by atoms with Crippen LogP contribution in [-0.4, -0.2) is 18.6 Å². The van der Waals surface area contributed by atoms with Gasteiger partial charge in [0.15, 0.2) is 0 Å². The Hall–Kier alpha value is -0.800. The SMILES string of the molecule is CNC(c1cc[nH]c1)C(C)(C)CCN. The number of hydrogen-bond donors (Lipinski definition) is 3. The molecule has 0 amide bonds. The maximum absolute atomic E-state index is 5.62. The fourth-order valence-corrected chi connectivity index (χ4v) is 2.04. The van der Waals surface area contributed by atoms with Crippen LogP contribution in [0.3, 0.4) is 0 Å². The molecule has 0 saturated heterocycles. The van der Waals surface area contributed by atoms with E-state index in [1.165, 1.54) is 5.56 Å². The molecule has 0 spiro atoms. The van der Waals surface area contributed by atoms with Crippen molar-refractivity contribution in [3.05, 3.63) is 24.0 Å². The van der Waals surface area contributed by atoms with Gasteiger partial charge in [0.05, 0.1) is 0 Å². The quantitative estimate of drug-likeness (QED) is 0.669. The largest absolute Gasteiger partial charge is 0.367 e. The molecule has 80 valence electrons. The molecular formula is C11H21N3. The lowest BCUT2D eigenvalue weighted by Crippen LogP contribution is -2.33. The van der Waals surface area contributed by atoms with E-state index in [4.69, 9.17) is 5.73 Å². The average molecular weight is 195 g/mol. The van der Waals surface area contributed by atoms with Crippen LogP contribution in [0, 0.1) is 5.41 Å². The van der Waals surface area contributed by atoms with Crippen LogP contribution in [0.5, 0.6) is 0 Å². The van der Waals surface area contributed by atoms with Gasteiger partial charge in [-0.2, -0.15) is 0 Å². The van der Waals surface area contributed by atoms with Crippen molar-refractivity contribution in [3.63, 3.8) is 0 Å². The zero-order valence-electron chi connectivity index (χ0n) is 9.30. The van der Waals surface area contributed by atoms with Gasteiger partial charge in [0.1, 0.15) is 0 Å². The Kier molecular flexibility index (Phi) is 3.72. The molecule has 1 heterocycles. The Labute approximate surface area is 86.1 Å². The molecular weight excluding hydrogens is 174 g/mol. The Morgan fingerprint density at radius 2 is 2.29 bits per heavy atom. The second-order valence-electron chi connectivity index (χ2n) is 4.39. The van der Waals surface area contributed by atoms with Crippen LogP contribution in [0.2, 0.25) is 0 Å². The highest BCUT2D eigenvalue weighted by Crippen LogP contribution is 2.35. The van der Waals surface area contributed by atoms with E-state index in [2.05, 4.69) is 30.2 Å². The molecule has 1 atom stereocenters. The van der Waals surface area contributed by atoms with Gasteiger partial charge in [0.25, 0.3) is 0 Å². The number of hydrogen-bond acceptors (Lipinski definition) is 2. The summed E-state index contributed by atoms with van der Waals surface area (Å²) in [5, 5.41) is 3.35. The third-order valence-electron chi connectivity index (χ3n) is 2.81. The van der Waals surface area contributed by atoms with E-state index in [1.807, 2.05) is 19.4 Å². The summed E-state index contributed by atoms with van der Waals surface area (Å²) in [4.78, 5) is 3.09. The zero-order chi connectivity index (χ0) is 10.6. The standard InChI is InChI=1S/C11H21N3/c1-11(2,5-6-12)10(13-3)9-4-7-14-8-9/h4,7-8,10,13-14H,5-6,12H2,1-3H3. The van der Waals surface area contributed by atoms with E-state index in [-0.39, 0.29) is 5.41 Å². The molecule has 0 aromatic carbocycles. The van der Waals surface area contributed by atoms with Gasteiger partial charge in [-0.25, -0.2) is 0 Å². The molecule has 1 unspecified atom stereocenters. The second-order valence-corrected chi connectivity index (χ2v) is 4.39. The summed E-state index contributed by atoms with van der Waals surface area (Å²) >= 11 is 0. The van der Waals surface area contributed by atoms with Gasteiger partial charge in [-0.15, -0.1) is 0 Å². The molecule has 0 saturated carbocycles. The van der Waals surface area contributed by atoms with Gasteiger partial charge in [-0.05, 0) is 37.1 Å². The van der Waals surface area contributed by atoms with Crippen molar-refractivity contribution in [1.29, 1.82) is 0 Å². The normalized spacial score (nSPS) is 14.3. The van der Waals surface area contributed by atoms with Crippen molar-refractivity contribution in [2.24, 2.45) is 11.1 Å². The van der Waals surface area contributed by atoms with Crippen molar-refractivity contribution in [2.45, 2.75) is 26.3 Å². The highest BCUT2D eigenvalue weighted by Gasteiger charge is 2.28. The summed E-state index contributed by atoms with van der Waals surface area (Å²) in [5.41, 5.74) is 7.11. The third kappa shape index (κ3) is 2.36. The molecule has 3 nitrogen and oxygen atoms in total. The number of aromatic amines is 1. The minimum absolute atomic E-state index is 0.186. The molecule has 14 heavy (non-hydrogen) atoms. The molecule has 0 fully saturated rings. The second kappa shape index (κ2) is 4.62. The van der Waals surface area contributed by atoms with Gasteiger partial charge in [-0.3, -0.25) is 0 Å². The number of aromatic nitrogens is 1. The molecule has 3 heteroatoms. The predicted octanol–water partition coefficient (Wildman–Crippen LogP) is 1.65. The highest BCUT2D eigenvalue weighted by molar-refractivity contribution is 5.16. The first-order valence-corrected chi connectivity index (χ1v) is 5.12. The summed E-state index contributed by atoms with van der Waals surface area (Å²) in [6.45, 7) is 5.22. The van der Waals surface area contributed by atoms with Gasteiger partial charge in [0, 0.05) is 18.4 Å². The van der Waals surface area contributed by atoms with Gasteiger partial charge < -0.3 is 16.0 Å². The summed E-state index contributed by atoms with van der Waals surface area (Å²) in [5.74, 6) is 0. The van der Waals surface area contributed by atoms with Crippen LogP contribution in [0.25, 0.3) is 0 Å². The van der Waals surface area contributed by atoms with Crippen LogP contribution in [0.15, 0.2) is 18.5 Å². The molecule has 0 aliphatic rings. The monoisotopic (exact) mass is 195 g/mol. The fourth-order valence-electron chi connectivity index (χ4n) is 2.04. The first-order valence-electron chi connectivity index (χ1n) is 5.12. The fraction of sp³-hybridized carbons (Fsp3) is 0.636. The molecule has 4 N–H and O–H groups in total. The maximum Gasteiger partial charge on any atom is 0.0384 e. The molecule has 1 aromatic heterocycles. The van der Waals surface area contributed by atoms with Gasteiger partial charge in [-0.1, -0.05) is 13.8 Å². The lowest BCUT2D eigenvalue weighted by molar-refractivity contribution is 0.239. The Morgan fingerprint density at radius 3 is 2.71 bits per heavy atom. The highest BCUT2D eigenvalue weighted by atomic mass is 14.9. The Balaban J connectivity index is 2.81. The molecule has 0 radical (unpaired) electrons. The Bertz CT molecular complexity index is 252. The number of nitrogens with two attached hydrogens (primary N) is 1.